The average molecular weight is 196 g/mol. The second-order valence-corrected chi connectivity index (χ2v) is 3.74. The van der Waals surface area contributed by atoms with Crippen LogP contribution in [-0.2, 0) is 7.05 Å². The number of hydrogen-bond donors (Lipinski definition) is 1. The van der Waals surface area contributed by atoms with Crippen LogP contribution < -0.4 is 5.73 Å². The summed E-state index contributed by atoms with van der Waals surface area (Å²) in [7, 11) is 1.88. The minimum absolute atomic E-state index is 0.0897. The summed E-state index contributed by atoms with van der Waals surface area (Å²) in [5.74, 6) is 0. The predicted octanol–water partition coefficient (Wildman–Crippen LogP) is 1.79. The van der Waals surface area contributed by atoms with Crippen LogP contribution in [0.25, 0.3) is 0 Å². The van der Waals surface area contributed by atoms with Crippen molar-refractivity contribution in [2.75, 3.05) is 0 Å². The summed E-state index contributed by atoms with van der Waals surface area (Å²) >= 11 is 0. The van der Waals surface area contributed by atoms with Crippen molar-refractivity contribution in [3.05, 3.63) is 11.9 Å². The van der Waals surface area contributed by atoms with Crippen molar-refractivity contribution in [3.63, 3.8) is 0 Å². The minimum Gasteiger partial charge on any atom is -0.323 e. The van der Waals surface area contributed by atoms with E-state index in [1.807, 2.05) is 7.05 Å². The van der Waals surface area contributed by atoms with Crippen molar-refractivity contribution >= 4 is 0 Å². The molecule has 4 heteroatoms. The number of unbranched alkanes of at least 4 members (excludes halogenated alkanes) is 3. The van der Waals surface area contributed by atoms with Crippen molar-refractivity contribution in [3.8, 4) is 0 Å². The zero-order valence-electron chi connectivity index (χ0n) is 9.11. The van der Waals surface area contributed by atoms with E-state index in [0.29, 0.717) is 0 Å². The van der Waals surface area contributed by atoms with Crippen molar-refractivity contribution in [2.24, 2.45) is 12.8 Å². The van der Waals surface area contributed by atoms with Gasteiger partial charge in [0.25, 0.3) is 0 Å². The molecule has 0 bridgehead atoms. The normalized spacial score (nSPS) is 13.1. The Morgan fingerprint density at radius 2 is 2.21 bits per heavy atom. The molecule has 1 atom stereocenters. The molecule has 0 aromatic carbocycles. The van der Waals surface area contributed by atoms with Gasteiger partial charge in [-0.15, -0.1) is 5.10 Å². The van der Waals surface area contributed by atoms with Gasteiger partial charge in [-0.1, -0.05) is 37.8 Å². The first-order valence-electron chi connectivity index (χ1n) is 5.36. The van der Waals surface area contributed by atoms with Gasteiger partial charge in [-0.2, -0.15) is 0 Å². The van der Waals surface area contributed by atoms with Crippen LogP contribution in [0.15, 0.2) is 6.20 Å². The van der Waals surface area contributed by atoms with Gasteiger partial charge in [0, 0.05) is 13.1 Å². The number of nitrogens with two attached hydrogens (primary N) is 1. The molecular formula is C10H20N4. The van der Waals surface area contributed by atoms with E-state index in [1.165, 1.54) is 25.7 Å². The molecule has 1 aromatic heterocycles. The molecule has 0 amide bonds. The monoisotopic (exact) mass is 196 g/mol. The molecule has 80 valence electrons. The maximum Gasteiger partial charge on any atom is 0.0751 e. The quantitative estimate of drug-likeness (QED) is 0.706. The lowest BCUT2D eigenvalue weighted by Crippen LogP contribution is -2.14. The Kier molecular flexibility index (Phi) is 4.59. The Bertz CT molecular complexity index is 256. The molecule has 1 aromatic rings. The van der Waals surface area contributed by atoms with Gasteiger partial charge < -0.3 is 5.73 Å². The van der Waals surface area contributed by atoms with Gasteiger partial charge in [-0.3, -0.25) is 4.68 Å². The van der Waals surface area contributed by atoms with Gasteiger partial charge >= 0.3 is 0 Å². The number of nitrogens with zero attached hydrogens (tertiary/aromatic N) is 3. The van der Waals surface area contributed by atoms with E-state index >= 15 is 0 Å². The summed E-state index contributed by atoms with van der Waals surface area (Å²) in [6.07, 6.45) is 7.82. The lowest BCUT2D eigenvalue weighted by molar-refractivity contribution is 0.532. The lowest BCUT2D eigenvalue weighted by atomic mass is 10.1. The van der Waals surface area contributed by atoms with Gasteiger partial charge in [-0.05, 0) is 6.42 Å². The Balaban J connectivity index is 2.28. The van der Waals surface area contributed by atoms with E-state index in [0.717, 1.165) is 12.1 Å². The van der Waals surface area contributed by atoms with Crippen molar-refractivity contribution in [1.29, 1.82) is 0 Å². The molecule has 1 rings (SSSR count). The van der Waals surface area contributed by atoms with E-state index in [1.54, 1.807) is 10.9 Å². The number of rotatable bonds is 6. The smallest absolute Gasteiger partial charge is 0.0751 e. The van der Waals surface area contributed by atoms with Crippen LogP contribution in [0.2, 0.25) is 0 Å². The number of aryl methyl sites for hydroxylation is 1. The third-order valence-electron chi connectivity index (χ3n) is 2.50. The van der Waals surface area contributed by atoms with Crippen molar-refractivity contribution in [1.82, 2.24) is 15.0 Å². The second-order valence-electron chi connectivity index (χ2n) is 3.74. The molecule has 0 spiro atoms. The molecule has 1 unspecified atom stereocenters. The van der Waals surface area contributed by atoms with Gasteiger partial charge in [0.1, 0.15) is 0 Å². The summed E-state index contributed by atoms with van der Waals surface area (Å²) in [4.78, 5) is 0. The highest BCUT2D eigenvalue weighted by molar-refractivity contribution is 4.99. The highest BCUT2D eigenvalue weighted by Gasteiger charge is 2.09. The van der Waals surface area contributed by atoms with Crippen LogP contribution in [-0.4, -0.2) is 15.0 Å². The molecule has 0 aliphatic heterocycles. The van der Waals surface area contributed by atoms with Crippen LogP contribution in [0.1, 0.15) is 50.8 Å². The standard InChI is InChI=1S/C10H20N4/c1-3-4-5-6-7-9(11)10-8-12-13-14(10)2/h8-9H,3-7,11H2,1-2H3. The highest BCUT2D eigenvalue weighted by atomic mass is 15.4. The summed E-state index contributed by atoms with van der Waals surface area (Å²) in [6, 6.07) is 0.0897. The Morgan fingerprint density at radius 3 is 2.79 bits per heavy atom. The van der Waals surface area contributed by atoms with Gasteiger partial charge in [-0.25, -0.2) is 0 Å². The number of hydrogen-bond acceptors (Lipinski definition) is 3. The molecule has 0 saturated heterocycles. The largest absolute Gasteiger partial charge is 0.323 e. The SMILES string of the molecule is CCCCCCC(N)c1cnnn1C. The van der Waals surface area contributed by atoms with Crippen LogP contribution in [0.4, 0.5) is 0 Å². The maximum absolute atomic E-state index is 6.02. The van der Waals surface area contributed by atoms with Crippen LogP contribution >= 0.6 is 0 Å². The fraction of sp³-hybridized carbons (Fsp3) is 0.800. The van der Waals surface area contributed by atoms with E-state index < -0.39 is 0 Å². The Morgan fingerprint density at radius 1 is 1.43 bits per heavy atom. The topological polar surface area (TPSA) is 56.7 Å². The summed E-state index contributed by atoms with van der Waals surface area (Å²) in [6.45, 7) is 2.21. The van der Waals surface area contributed by atoms with E-state index in [-0.39, 0.29) is 6.04 Å². The summed E-state index contributed by atoms with van der Waals surface area (Å²) in [5, 5.41) is 7.69. The second kappa shape index (κ2) is 5.75. The molecule has 0 fully saturated rings. The first-order chi connectivity index (χ1) is 6.75. The molecule has 2 N–H and O–H groups in total. The fourth-order valence-electron chi connectivity index (χ4n) is 1.57. The van der Waals surface area contributed by atoms with Crippen LogP contribution in [0.3, 0.4) is 0 Å². The minimum atomic E-state index is 0.0897. The molecular weight excluding hydrogens is 176 g/mol. The van der Waals surface area contributed by atoms with Gasteiger partial charge in [0.05, 0.1) is 11.9 Å². The predicted molar refractivity (Wildman–Crippen MR) is 56.7 cm³/mol. The molecule has 0 saturated carbocycles. The highest BCUT2D eigenvalue weighted by Crippen LogP contribution is 2.15. The molecule has 0 aliphatic rings. The maximum atomic E-state index is 6.02. The molecule has 1 heterocycles. The van der Waals surface area contributed by atoms with Crippen molar-refractivity contribution < 1.29 is 0 Å². The fourth-order valence-corrected chi connectivity index (χ4v) is 1.57. The summed E-state index contributed by atoms with van der Waals surface area (Å²) in [5.41, 5.74) is 7.05. The van der Waals surface area contributed by atoms with Crippen LogP contribution in [0.5, 0.6) is 0 Å². The van der Waals surface area contributed by atoms with E-state index in [2.05, 4.69) is 17.2 Å². The zero-order chi connectivity index (χ0) is 10.4. The van der Waals surface area contributed by atoms with E-state index in [4.69, 9.17) is 5.73 Å². The zero-order valence-corrected chi connectivity index (χ0v) is 9.11. The first-order valence-corrected chi connectivity index (χ1v) is 5.36. The molecule has 14 heavy (non-hydrogen) atoms. The third-order valence-corrected chi connectivity index (χ3v) is 2.50. The Labute approximate surface area is 85.5 Å². The lowest BCUT2D eigenvalue weighted by Gasteiger charge is -2.10. The first kappa shape index (κ1) is 11.2. The van der Waals surface area contributed by atoms with Gasteiger partial charge in [0.2, 0.25) is 0 Å². The Hall–Kier alpha value is -0.900. The molecule has 0 radical (unpaired) electrons. The third kappa shape index (κ3) is 3.10. The molecule has 4 nitrogen and oxygen atoms in total. The van der Waals surface area contributed by atoms with Crippen LogP contribution in [0, 0.1) is 0 Å². The average Bonchev–Trinajstić information content (AvgIpc) is 2.59. The van der Waals surface area contributed by atoms with Gasteiger partial charge in [0.15, 0.2) is 0 Å². The summed E-state index contributed by atoms with van der Waals surface area (Å²) < 4.78 is 1.75. The van der Waals surface area contributed by atoms with Crippen molar-refractivity contribution in [2.45, 2.75) is 45.1 Å². The molecule has 0 aliphatic carbocycles. The number of aromatic nitrogens is 3. The van der Waals surface area contributed by atoms with E-state index in [9.17, 15) is 0 Å².